The first-order valence-electron chi connectivity index (χ1n) is 6.39. The summed E-state index contributed by atoms with van der Waals surface area (Å²) < 4.78 is 1.79. The van der Waals surface area contributed by atoms with Crippen LogP contribution in [-0.4, -0.2) is 15.5 Å². The summed E-state index contributed by atoms with van der Waals surface area (Å²) in [6, 6.07) is 6.01. The first-order valence-corrected chi connectivity index (χ1v) is 6.39. The van der Waals surface area contributed by atoms with Gasteiger partial charge in [0.05, 0.1) is 6.33 Å². The van der Waals surface area contributed by atoms with Crippen LogP contribution in [0.2, 0.25) is 0 Å². The van der Waals surface area contributed by atoms with Gasteiger partial charge in [0.2, 0.25) is 5.91 Å². The van der Waals surface area contributed by atoms with Gasteiger partial charge >= 0.3 is 0 Å². The van der Waals surface area contributed by atoms with E-state index in [9.17, 15) is 4.79 Å². The lowest BCUT2D eigenvalue weighted by Crippen LogP contribution is -2.30. The van der Waals surface area contributed by atoms with Crippen LogP contribution >= 0.6 is 0 Å². The number of aromatic nitrogens is 2. The Hall–Kier alpha value is -2.10. The fraction of sp³-hybridized carbons (Fsp3) is 0.333. The predicted octanol–water partition coefficient (Wildman–Crippen LogP) is 2.38. The molecule has 0 spiro atoms. The number of imidazole rings is 1. The van der Waals surface area contributed by atoms with Crippen LogP contribution in [0.25, 0.3) is 0 Å². The van der Waals surface area contributed by atoms with E-state index in [-0.39, 0.29) is 11.9 Å². The molecule has 1 unspecified atom stereocenters. The van der Waals surface area contributed by atoms with Crippen molar-refractivity contribution in [1.29, 1.82) is 0 Å². The number of carbonyl (C=O) groups excluding carboxylic acids is 1. The zero-order valence-corrected chi connectivity index (χ0v) is 11.6. The van der Waals surface area contributed by atoms with Gasteiger partial charge in [0.25, 0.3) is 0 Å². The summed E-state index contributed by atoms with van der Waals surface area (Å²) in [7, 11) is 0. The highest BCUT2D eigenvalue weighted by atomic mass is 16.2. The van der Waals surface area contributed by atoms with Crippen LogP contribution in [0.5, 0.6) is 0 Å². The lowest BCUT2D eigenvalue weighted by atomic mass is 10.1. The minimum Gasteiger partial charge on any atom is -0.350 e. The molecule has 1 aromatic carbocycles. The van der Waals surface area contributed by atoms with Crippen LogP contribution in [0, 0.1) is 13.8 Å². The average molecular weight is 257 g/mol. The van der Waals surface area contributed by atoms with Gasteiger partial charge in [0.15, 0.2) is 0 Å². The zero-order chi connectivity index (χ0) is 13.8. The zero-order valence-electron chi connectivity index (χ0n) is 11.6. The molecule has 0 bridgehead atoms. The maximum atomic E-state index is 12.0. The Bertz CT molecular complexity index is 561. The van der Waals surface area contributed by atoms with Crippen LogP contribution in [-0.2, 0) is 11.3 Å². The molecule has 0 radical (unpaired) electrons. The molecule has 0 saturated carbocycles. The van der Waals surface area contributed by atoms with E-state index < -0.39 is 0 Å². The van der Waals surface area contributed by atoms with Gasteiger partial charge in [-0.25, -0.2) is 4.98 Å². The van der Waals surface area contributed by atoms with Gasteiger partial charge in [-0.05, 0) is 31.9 Å². The fourth-order valence-electron chi connectivity index (χ4n) is 2.01. The van der Waals surface area contributed by atoms with Crippen LogP contribution in [0.4, 0.5) is 0 Å². The van der Waals surface area contributed by atoms with E-state index in [2.05, 4.69) is 42.3 Å². The van der Waals surface area contributed by atoms with Gasteiger partial charge < -0.3 is 9.88 Å². The Balaban J connectivity index is 1.97. The summed E-state index contributed by atoms with van der Waals surface area (Å²) >= 11 is 0. The van der Waals surface area contributed by atoms with Crippen molar-refractivity contribution in [2.75, 3.05) is 0 Å². The van der Waals surface area contributed by atoms with E-state index in [0.29, 0.717) is 6.54 Å². The van der Waals surface area contributed by atoms with Gasteiger partial charge in [-0.3, -0.25) is 4.79 Å². The van der Waals surface area contributed by atoms with E-state index in [4.69, 9.17) is 0 Å². The third-order valence-corrected chi connectivity index (χ3v) is 3.30. The Morgan fingerprint density at radius 3 is 2.84 bits per heavy atom. The number of aryl methyl sites for hydroxylation is 2. The van der Waals surface area contributed by atoms with E-state index in [1.165, 1.54) is 11.1 Å². The normalized spacial score (nSPS) is 12.2. The van der Waals surface area contributed by atoms with Crippen LogP contribution in [0.15, 0.2) is 36.9 Å². The van der Waals surface area contributed by atoms with E-state index >= 15 is 0 Å². The SMILES string of the molecule is Cc1ccc(CNC(=O)C(C)n2ccnc2)c(C)c1. The highest BCUT2D eigenvalue weighted by molar-refractivity contribution is 5.79. The maximum Gasteiger partial charge on any atom is 0.243 e. The van der Waals surface area contributed by atoms with Crippen molar-refractivity contribution >= 4 is 5.91 Å². The quantitative estimate of drug-likeness (QED) is 0.914. The van der Waals surface area contributed by atoms with Gasteiger partial charge in [-0.15, -0.1) is 0 Å². The molecule has 19 heavy (non-hydrogen) atoms. The second-order valence-electron chi connectivity index (χ2n) is 4.83. The lowest BCUT2D eigenvalue weighted by Gasteiger charge is -2.14. The van der Waals surface area contributed by atoms with Crippen molar-refractivity contribution in [2.24, 2.45) is 0 Å². The third kappa shape index (κ3) is 3.22. The molecule has 1 amide bonds. The first-order chi connectivity index (χ1) is 9.08. The second kappa shape index (κ2) is 5.69. The number of hydrogen-bond acceptors (Lipinski definition) is 2. The smallest absolute Gasteiger partial charge is 0.243 e. The molecule has 4 heteroatoms. The predicted molar refractivity (Wildman–Crippen MR) is 74.7 cm³/mol. The molecule has 1 aromatic heterocycles. The number of amides is 1. The molecular formula is C15H19N3O. The number of nitrogens with zero attached hydrogens (tertiary/aromatic N) is 2. The number of rotatable bonds is 4. The Morgan fingerprint density at radius 2 is 2.21 bits per heavy atom. The summed E-state index contributed by atoms with van der Waals surface area (Å²) in [5.41, 5.74) is 3.59. The Morgan fingerprint density at radius 1 is 1.42 bits per heavy atom. The summed E-state index contributed by atoms with van der Waals surface area (Å²) in [4.78, 5) is 16.0. The molecule has 0 aliphatic rings. The van der Waals surface area contributed by atoms with Gasteiger partial charge in [0.1, 0.15) is 6.04 Å². The number of nitrogens with one attached hydrogen (secondary N) is 1. The topological polar surface area (TPSA) is 46.9 Å². The maximum absolute atomic E-state index is 12.0. The summed E-state index contributed by atoms with van der Waals surface area (Å²) in [6.07, 6.45) is 5.12. The molecule has 0 saturated heterocycles. The van der Waals surface area contributed by atoms with Gasteiger partial charge in [-0.2, -0.15) is 0 Å². The van der Waals surface area contributed by atoms with Crippen molar-refractivity contribution in [2.45, 2.75) is 33.4 Å². The molecule has 0 aliphatic carbocycles. The second-order valence-corrected chi connectivity index (χ2v) is 4.83. The fourth-order valence-corrected chi connectivity index (χ4v) is 2.01. The number of benzene rings is 1. The van der Waals surface area contributed by atoms with Gasteiger partial charge in [-0.1, -0.05) is 23.8 Å². The average Bonchev–Trinajstić information content (AvgIpc) is 2.90. The molecule has 0 aliphatic heterocycles. The van der Waals surface area contributed by atoms with E-state index in [0.717, 1.165) is 5.56 Å². The summed E-state index contributed by atoms with van der Waals surface area (Å²) in [5, 5.41) is 2.96. The first kappa shape index (κ1) is 13.3. The van der Waals surface area contributed by atoms with Crippen molar-refractivity contribution in [3.05, 3.63) is 53.6 Å². The van der Waals surface area contributed by atoms with Crippen molar-refractivity contribution < 1.29 is 4.79 Å². The molecule has 0 fully saturated rings. The Kier molecular flexibility index (Phi) is 4.00. The monoisotopic (exact) mass is 257 g/mol. The molecule has 2 aromatic rings. The molecule has 2 rings (SSSR count). The van der Waals surface area contributed by atoms with Crippen LogP contribution in [0.3, 0.4) is 0 Å². The molecule has 4 nitrogen and oxygen atoms in total. The van der Waals surface area contributed by atoms with Crippen molar-refractivity contribution in [3.63, 3.8) is 0 Å². The van der Waals surface area contributed by atoms with Crippen LogP contribution in [0.1, 0.15) is 29.7 Å². The summed E-state index contributed by atoms with van der Waals surface area (Å²) in [6.45, 7) is 6.55. The molecule has 1 atom stereocenters. The Labute approximate surface area is 113 Å². The highest BCUT2D eigenvalue weighted by Crippen LogP contribution is 2.11. The third-order valence-electron chi connectivity index (χ3n) is 3.30. The van der Waals surface area contributed by atoms with Crippen molar-refractivity contribution in [1.82, 2.24) is 14.9 Å². The lowest BCUT2D eigenvalue weighted by molar-refractivity contribution is -0.124. The standard InChI is InChI=1S/C15H19N3O/c1-11-4-5-14(12(2)8-11)9-17-15(19)13(3)18-7-6-16-10-18/h4-8,10,13H,9H2,1-3H3,(H,17,19). The molecule has 100 valence electrons. The molecular weight excluding hydrogens is 238 g/mol. The van der Waals surface area contributed by atoms with E-state index in [1.807, 2.05) is 6.92 Å². The largest absolute Gasteiger partial charge is 0.350 e. The highest BCUT2D eigenvalue weighted by Gasteiger charge is 2.13. The minimum absolute atomic E-state index is 0.00187. The van der Waals surface area contributed by atoms with Gasteiger partial charge in [0, 0.05) is 18.9 Å². The van der Waals surface area contributed by atoms with E-state index in [1.54, 1.807) is 23.3 Å². The number of carbonyl (C=O) groups is 1. The summed E-state index contributed by atoms with van der Waals surface area (Å²) in [5.74, 6) is -0.00187. The molecule has 1 heterocycles. The van der Waals surface area contributed by atoms with Crippen LogP contribution < -0.4 is 5.32 Å². The minimum atomic E-state index is -0.242. The van der Waals surface area contributed by atoms with Crippen molar-refractivity contribution in [3.8, 4) is 0 Å². The molecule has 1 N–H and O–H groups in total. The number of hydrogen-bond donors (Lipinski definition) is 1.